The van der Waals surface area contributed by atoms with Gasteiger partial charge in [-0.15, -0.1) is 0 Å². The molecule has 1 aliphatic heterocycles. The Morgan fingerprint density at radius 1 is 1.65 bits per heavy atom. The summed E-state index contributed by atoms with van der Waals surface area (Å²) in [6.45, 7) is 2.64. The summed E-state index contributed by atoms with van der Waals surface area (Å²) >= 11 is 3.46. The lowest BCUT2D eigenvalue weighted by Gasteiger charge is -2.29. The number of hydrogen-bond acceptors (Lipinski definition) is 5. The maximum absolute atomic E-state index is 11.4. The van der Waals surface area contributed by atoms with Gasteiger partial charge >= 0.3 is 0 Å². The number of ether oxygens (including phenoxy) is 1. The van der Waals surface area contributed by atoms with Crippen LogP contribution in [-0.4, -0.2) is 36.6 Å². The molecular weight excluding hydrogens is 324 g/mol. The van der Waals surface area contributed by atoms with E-state index < -0.39 is 0 Å². The molecule has 106 valence electrons. The predicted octanol–water partition coefficient (Wildman–Crippen LogP) is 0.777. The summed E-state index contributed by atoms with van der Waals surface area (Å²) < 4.78 is 6.16. The fourth-order valence-electron chi connectivity index (χ4n) is 2.07. The van der Waals surface area contributed by atoms with Crippen LogP contribution in [0.1, 0.15) is 15.9 Å². The summed E-state index contributed by atoms with van der Waals surface area (Å²) in [5.74, 6) is 4.78. The fourth-order valence-corrected chi connectivity index (χ4v) is 2.57. The lowest BCUT2D eigenvalue weighted by atomic mass is 10.1. The molecule has 0 saturated carbocycles. The maximum atomic E-state index is 11.4. The highest BCUT2D eigenvalue weighted by atomic mass is 79.9. The zero-order valence-electron chi connectivity index (χ0n) is 10.8. The summed E-state index contributed by atoms with van der Waals surface area (Å²) in [4.78, 5) is 13.6. The number of rotatable bonds is 3. The van der Waals surface area contributed by atoms with Gasteiger partial charge in [0.05, 0.1) is 12.7 Å². The van der Waals surface area contributed by atoms with Crippen molar-refractivity contribution >= 4 is 21.8 Å². The summed E-state index contributed by atoms with van der Waals surface area (Å²) in [5.41, 5.74) is 3.65. The zero-order valence-corrected chi connectivity index (χ0v) is 12.4. The first kappa shape index (κ1) is 14.9. The number of amides is 1. The standard InChI is InChI=1S/C13H15BrN4O2/c14-12-5-9(13(19)17-16)1-2-10(12)7-18-3-4-20-11(6-15)8-18/h1-2,5,11H,3-4,7-8,16H2,(H,17,19). The summed E-state index contributed by atoms with van der Waals surface area (Å²) in [5, 5.41) is 8.89. The molecule has 3 N–H and O–H groups in total. The van der Waals surface area contributed by atoms with Crippen molar-refractivity contribution in [2.75, 3.05) is 19.7 Å². The minimum Gasteiger partial charge on any atom is -0.361 e. The number of hydrazine groups is 1. The van der Waals surface area contributed by atoms with Gasteiger partial charge in [-0.25, -0.2) is 5.84 Å². The molecule has 1 aliphatic rings. The molecular formula is C13H15BrN4O2. The van der Waals surface area contributed by atoms with E-state index in [4.69, 9.17) is 15.8 Å². The van der Waals surface area contributed by atoms with Crippen LogP contribution in [0.2, 0.25) is 0 Å². The van der Waals surface area contributed by atoms with Gasteiger partial charge in [0, 0.05) is 29.7 Å². The molecule has 0 spiro atoms. The number of halogens is 1. The van der Waals surface area contributed by atoms with Gasteiger partial charge in [-0.1, -0.05) is 22.0 Å². The second kappa shape index (κ2) is 6.81. The van der Waals surface area contributed by atoms with Crippen LogP contribution in [0.3, 0.4) is 0 Å². The highest BCUT2D eigenvalue weighted by Crippen LogP contribution is 2.21. The summed E-state index contributed by atoms with van der Waals surface area (Å²) in [7, 11) is 0. The first-order valence-electron chi connectivity index (χ1n) is 6.17. The van der Waals surface area contributed by atoms with E-state index in [1.54, 1.807) is 12.1 Å². The molecule has 1 amide bonds. The molecule has 0 bridgehead atoms. The van der Waals surface area contributed by atoms with Gasteiger partial charge in [-0.2, -0.15) is 5.26 Å². The Bertz CT molecular complexity index is 544. The largest absolute Gasteiger partial charge is 0.361 e. The van der Waals surface area contributed by atoms with Crippen LogP contribution in [0, 0.1) is 11.3 Å². The molecule has 1 unspecified atom stereocenters. The Morgan fingerprint density at radius 2 is 2.45 bits per heavy atom. The zero-order chi connectivity index (χ0) is 14.5. The molecule has 1 aromatic rings. The van der Waals surface area contributed by atoms with Crippen molar-refractivity contribution in [2.45, 2.75) is 12.6 Å². The second-order valence-electron chi connectivity index (χ2n) is 4.50. The molecule has 7 heteroatoms. The van der Waals surface area contributed by atoms with E-state index in [-0.39, 0.29) is 12.0 Å². The lowest BCUT2D eigenvalue weighted by Crippen LogP contribution is -2.41. The molecule has 6 nitrogen and oxygen atoms in total. The first-order chi connectivity index (χ1) is 9.63. The molecule has 1 fully saturated rings. The van der Waals surface area contributed by atoms with Gasteiger partial charge in [0.25, 0.3) is 5.91 Å². The third-order valence-electron chi connectivity index (χ3n) is 3.13. The van der Waals surface area contributed by atoms with Crippen molar-refractivity contribution in [1.82, 2.24) is 10.3 Å². The van der Waals surface area contributed by atoms with Crippen molar-refractivity contribution in [1.29, 1.82) is 5.26 Å². The number of nitriles is 1. The summed E-state index contributed by atoms with van der Waals surface area (Å²) in [6, 6.07) is 7.47. The predicted molar refractivity (Wildman–Crippen MR) is 76.4 cm³/mol. The Hall–Kier alpha value is -1.46. The van der Waals surface area contributed by atoms with Crippen LogP contribution in [0.25, 0.3) is 0 Å². The van der Waals surface area contributed by atoms with Gasteiger partial charge < -0.3 is 4.74 Å². The quantitative estimate of drug-likeness (QED) is 0.482. The number of nitrogens with one attached hydrogen (secondary N) is 1. The number of nitrogens with zero attached hydrogens (tertiary/aromatic N) is 2. The Balaban J connectivity index is 2.06. The first-order valence-corrected chi connectivity index (χ1v) is 6.96. The van der Waals surface area contributed by atoms with Crippen molar-refractivity contribution < 1.29 is 9.53 Å². The normalized spacial score (nSPS) is 19.4. The van der Waals surface area contributed by atoms with Crippen LogP contribution in [0.15, 0.2) is 22.7 Å². The number of morpholine rings is 1. The Morgan fingerprint density at radius 3 is 3.10 bits per heavy atom. The van der Waals surface area contributed by atoms with Crippen molar-refractivity contribution in [2.24, 2.45) is 5.84 Å². The van der Waals surface area contributed by atoms with Crippen LogP contribution < -0.4 is 11.3 Å². The van der Waals surface area contributed by atoms with Crippen molar-refractivity contribution in [3.63, 3.8) is 0 Å². The molecule has 0 aliphatic carbocycles. The molecule has 1 atom stereocenters. The van der Waals surface area contributed by atoms with E-state index in [0.717, 1.165) is 16.6 Å². The maximum Gasteiger partial charge on any atom is 0.265 e. The van der Waals surface area contributed by atoms with E-state index in [1.807, 2.05) is 6.07 Å². The second-order valence-corrected chi connectivity index (χ2v) is 5.36. The van der Waals surface area contributed by atoms with E-state index in [0.29, 0.717) is 25.3 Å². The molecule has 1 saturated heterocycles. The Labute approximate surface area is 125 Å². The monoisotopic (exact) mass is 338 g/mol. The molecule has 1 aromatic carbocycles. The van der Waals surface area contributed by atoms with Gasteiger partial charge in [0.2, 0.25) is 0 Å². The molecule has 2 rings (SSSR count). The highest BCUT2D eigenvalue weighted by molar-refractivity contribution is 9.10. The molecule has 0 aromatic heterocycles. The topological polar surface area (TPSA) is 91.4 Å². The number of hydrogen-bond donors (Lipinski definition) is 2. The lowest BCUT2D eigenvalue weighted by molar-refractivity contribution is -0.00276. The van der Waals surface area contributed by atoms with Crippen LogP contribution in [0.4, 0.5) is 0 Å². The minimum atomic E-state index is -0.371. The number of nitrogen functional groups attached to an aromatic ring is 1. The minimum absolute atomic E-state index is 0.326. The summed E-state index contributed by atoms with van der Waals surface area (Å²) in [6.07, 6.45) is -0.371. The third-order valence-corrected chi connectivity index (χ3v) is 3.87. The smallest absolute Gasteiger partial charge is 0.265 e. The average Bonchev–Trinajstić information content (AvgIpc) is 2.48. The Kier molecular flexibility index (Phi) is 5.09. The van der Waals surface area contributed by atoms with E-state index in [1.165, 1.54) is 0 Å². The van der Waals surface area contributed by atoms with E-state index in [2.05, 4.69) is 32.3 Å². The van der Waals surface area contributed by atoms with Gasteiger partial charge in [0.15, 0.2) is 6.10 Å². The van der Waals surface area contributed by atoms with Gasteiger partial charge in [-0.3, -0.25) is 15.1 Å². The number of carbonyl (C=O) groups excluding carboxylic acids is 1. The molecule has 1 heterocycles. The van der Waals surface area contributed by atoms with Crippen molar-refractivity contribution in [3.05, 3.63) is 33.8 Å². The number of carbonyl (C=O) groups is 1. The number of benzene rings is 1. The van der Waals surface area contributed by atoms with Crippen LogP contribution in [-0.2, 0) is 11.3 Å². The SMILES string of the molecule is N#CC1CN(Cc2ccc(C(=O)NN)cc2Br)CCO1. The van der Waals surface area contributed by atoms with E-state index in [9.17, 15) is 4.79 Å². The van der Waals surface area contributed by atoms with Crippen LogP contribution >= 0.6 is 15.9 Å². The van der Waals surface area contributed by atoms with Crippen molar-refractivity contribution in [3.8, 4) is 6.07 Å². The molecule has 0 radical (unpaired) electrons. The number of nitrogens with two attached hydrogens (primary N) is 1. The fraction of sp³-hybridized carbons (Fsp3) is 0.385. The highest BCUT2D eigenvalue weighted by Gasteiger charge is 2.20. The van der Waals surface area contributed by atoms with Gasteiger partial charge in [0.1, 0.15) is 0 Å². The van der Waals surface area contributed by atoms with Gasteiger partial charge in [-0.05, 0) is 17.7 Å². The van der Waals surface area contributed by atoms with Crippen LogP contribution in [0.5, 0.6) is 0 Å². The third kappa shape index (κ3) is 3.55. The van der Waals surface area contributed by atoms with E-state index >= 15 is 0 Å². The average molecular weight is 339 g/mol. The molecule has 20 heavy (non-hydrogen) atoms.